The number of ether oxygens (including phenoxy) is 1. The average molecular weight is 425 g/mol. The second kappa shape index (κ2) is 9.49. The minimum atomic E-state index is -0.513. The van der Waals surface area contributed by atoms with Crippen molar-refractivity contribution in [1.82, 2.24) is 15.0 Å². The molecule has 0 aromatic carbocycles. The summed E-state index contributed by atoms with van der Waals surface area (Å²) >= 11 is 12.0. The molecule has 1 saturated carbocycles. The molecule has 1 N–H and O–H groups in total. The van der Waals surface area contributed by atoms with Gasteiger partial charge in [0, 0.05) is 12.6 Å². The van der Waals surface area contributed by atoms with Crippen LogP contribution in [0.2, 0.25) is 10.3 Å². The first-order chi connectivity index (χ1) is 13.5. The van der Waals surface area contributed by atoms with Gasteiger partial charge in [-0.25, -0.2) is 15.0 Å². The van der Waals surface area contributed by atoms with E-state index in [0.29, 0.717) is 11.6 Å². The highest BCUT2D eigenvalue weighted by Gasteiger charge is 2.25. The highest BCUT2D eigenvalue weighted by atomic mass is 35.5. The number of hydrogen-bond acceptors (Lipinski definition) is 6. The lowest BCUT2D eigenvalue weighted by Gasteiger charge is -2.26. The summed E-state index contributed by atoms with van der Waals surface area (Å²) in [6, 6.07) is 3.43. The van der Waals surface area contributed by atoms with E-state index in [1.165, 1.54) is 17.4 Å². The lowest BCUT2D eigenvalue weighted by Crippen LogP contribution is -2.34. The molecule has 2 aromatic rings. The van der Waals surface area contributed by atoms with E-state index in [9.17, 15) is 9.90 Å². The van der Waals surface area contributed by atoms with Crippen LogP contribution in [0.1, 0.15) is 43.0 Å². The average Bonchev–Trinajstić information content (AvgIpc) is 2.68. The molecule has 28 heavy (non-hydrogen) atoms. The Bertz CT molecular complexity index is 791. The number of aliphatic hydroxyl groups excluding tert-OH is 1. The molecule has 1 amide bonds. The predicted octanol–water partition coefficient (Wildman–Crippen LogP) is 3.78. The highest BCUT2D eigenvalue weighted by Crippen LogP contribution is 2.28. The molecule has 0 saturated heterocycles. The van der Waals surface area contributed by atoms with Crippen molar-refractivity contribution in [3.63, 3.8) is 0 Å². The molecule has 2 aromatic heterocycles. The van der Waals surface area contributed by atoms with Crippen LogP contribution >= 0.6 is 23.2 Å². The summed E-state index contributed by atoms with van der Waals surface area (Å²) in [4.78, 5) is 26.2. The van der Waals surface area contributed by atoms with Gasteiger partial charge in [0.2, 0.25) is 5.88 Å². The third-order valence-electron chi connectivity index (χ3n) is 4.82. The first-order valence-corrected chi connectivity index (χ1v) is 9.96. The number of carbonyl (C=O) groups is 1. The van der Waals surface area contributed by atoms with Gasteiger partial charge in [0.15, 0.2) is 0 Å². The minimum absolute atomic E-state index is 0.0177. The number of amides is 1. The number of aromatic nitrogens is 3. The van der Waals surface area contributed by atoms with Gasteiger partial charge in [0.1, 0.15) is 28.3 Å². The summed E-state index contributed by atoms with van der Waals surface area (Å²) in [5, 5.41) is 9.29. The normalized spacial score (nSPS) is 19.3. The quantitative estimate of drug-likeness (QED) is 0.709. The van der Waals surface area contributed by atoms with E-state index in [4.69, 9.17) is 27.9 Å². The number of aliphatic hydroxyl groups is 1. The molecule has 9 heteroatoms. The van der Waals surface area contributed by atoms with Crippen LogP contribution in [0.3, 0.4) is 0 Å². The number of nitrogens with zero attached hydrogens (tertiary/aromatic N) is 4. The Morgan fingerprint density at radius 1 is 1.18 bits per heavy atom. The molecule has 0 unspecified atom stereocenters. The molecule has 0 bridgehead atoms. The van der Waals surface area contributed by atoms with Crippen LogP contribution in [0.4, 0.5) is 5.69 Å². The fourth-order valence-electron chi connectivity index (χ4n) is 3.22. The Labute approximate surface area is 173 Å². The Balaban J connectivity index is 1.76. The maximum atomic E-state index is 12.9. The Hall–Kier alpha value is -1.96. The zero-order valence-corrected chi connectivity index (χ0v) is 17.0. The van der Waals surface area contributed by atoms with Crippen molar-refractivity contribution in [2.24, 2.45) is 5.92 Å². The van der Waals surface area contributed by atoms with E-state index < -0.39 is 5.91 Å². The minimum Gasteiger partial charge on any atom is -0.474 e. The zero-order chi connectivity index (χ0) is 20.1. The van der Waals surface area contributed by atoms with Crippen LogP contribution in [-0.4, -0.2) is 45.2 Å². The molecule has 0 aliphatic heterocycles. The molecular formula is C19H22Cl2N4O3. The summed E-state index contributed by atoms with van der Waals surface area (Å²) in [5.41, 5.74) is 0.468. The maximum absolute atomic E-state index is 12.9. The van der Waals surface area contributed by atoms with Crippen LogP contribution in [0.15, 0.2) is 24.7 Å². The molecule has 7 nitrogen and oxygen atoms in total. The second-order valence-corrected chi connectivity index (χ2v) is 7.58. The fraction of sp³-hybridized carbons (Fsp3) is 0.474. The lowest BCUT2D eigenvalue weighted by molar-refractivity contribution is 0.0980. The Kier molecular flexibility index (Phi) is 7.04. The Morgan fingerprint density at radius 3 is 2.43 bits per heavy atom. The summed E-state index contributed by atoms with van der Waals surface area (Å²) in [7, 11) is 0. The number of pyridine rings is 1. The van der Waals surface area contributed by atoms with Crippen LogP contribution in [0, 0.1) is 5.92 Å². The number of carbonyl (C=O) groups excluding carboxylic acids is 1. The molecular weight excluding hydrogens is 403 g/mol. The van der Waals surface area contributed by atoms with E-state index in [-0.39, 0.29) is 35.1 Å². The van der Waals surface area contributed by atoms with Crippen molar-refractivity contribution in [2.75, 3.05) is 18.1 Å². The van der Waals surface area contributed by atoms with Gasteiger partial charge in [-0.3, -0.25) is 4.79 Å². The first-order valence-electron chi connectivity index (χ1n) is 9.21. The molecule has 1 fully saturated rings. The molecule has 0 spiro atoms. The smallest absolute Gasteiger partial charge is 0.264 e. The van der Waals surface area contributed by atoms with E-state index in [0.717, 1.165) is 31.6 Å². The van der Waals surface area contributed by atoms with Crippen molar-refractivity contribution in [2.45, 2.75) is 38.7 Å². The van der Waals surface area contributed by atoms with Gasteiger partial charge in [0.25, 0.3) is 5.91 Å². The van der Waals surface area contributed by atoms with Crippen LogP contribution < -0.4 is 9.64 Å². The number of rotatable bonds is 6. The van der Waals surface area contributed by atoms with E-state index in [1.54, 1.807) is 12.1 Å². The van der Waals surface area contributed by atoms with Crippen molar-refractivity contribution in [1.29, 1.82) is 0 Å². The third kappa shape index (κ3) is 4.90. The van der Waals surface area contributed by atoms with Crippen molar-refractivity contribution in [3.8, 4) is 5.88 Å². The molecule has 0 radical (unpaired) electrons. The molecule has 1 aliphatic rings. The predicted molar refractivity (Wildman–Crippen MR) is 107 cm³/mol. The monoisotopic (exact) mass is 424 g/mol. The van der Waals surface area contributed by atoms with Crippen molar-refractivity contribution >= 4 is 34.8 Å². The first kappa shape index (κ1) is 20.8. The topological polar surface area (TPSA) is 88.4 Å². The van der Waals surface area contributed by atoms with Gasteiger partial charge in [-0.05, 0) is 37.7 Å². The molecule has 2 heterocycles. The number of anilines is 1. The molecule has 150 valence electrons. The van der Waals surface area contributed by atoms with Crippen LogP contribution in [0.25, 0.3) is 0 Å². The molecule has 0 atom stereocenters. The highest BCUT2D eigenvalue weighted by molar-refractivity contribution is 6.39. The van der Waals surface area contributed by atoms with Gasteiger partial charge < -0.3 is 14.7 Å². The zero-order valence-electron chi connectivity index (χ0n) is 15.5. The standard InChI is InChI=1S/C19H22Cl2N4O3/c1-12-2-5-14(6-3-12)28-15-7-4-13(10-22-15)25(8-9-26)19(27)16-17(20)23-11-24-18(16)21/h4,7,10-12,14,26H,2-3,5-6,8-9H2,1H3. The molecule has 1 aliphatic carbocycles. The molecule has 3 rings (SSSR count). The summed E-state index contributed by atoms with van der Waals surface area (Å²) in [6.07, 6.45) is 7.22. The number of hydrogen-bond donors (Lipinski definition) is 1. The van der Waals surface area contributed by atoms with E-state index in [1.807, 2.05) is 0 Å². The van der Waals surface area contributed by atoms with Crippen molar-refractivity contribution in [3.05, 3.63) is 40.5 Å². The van der Waals surface area contributed by atoms with Gasteiger partial charge in [-0.15, -0.1) is 0 Å². The third-order valence-corrected chi connectivity index (χ3v) is 5.39. The summed E-state index contributed by atoms with van der Waals surface area (Å²) in [6.45, 7) is 2.06. The number of halogens is 2. The summed E-state index contributed by atoms with van der Waals surface area (Å²) in [5.74, 6) is 0.744. The van der Waals surface area contributed by atoms with Crippen molar-refractivity contribution < 1.29 is 14.6 Å². The SMILES string of the molecule is CC1CCC(Oc2ccc(N(CCO)C(=O)c3c(Cl)ncnc3Cl)cn2)CC1. The maximum Gasteiger partial charge on any atom is 0.264 e. The van der Waals surface area contributed by atoms with Gasteiger partial charge in [0.05, 0.1) is 18.5 Å². The fourth-order valence-corrected chi connectivity index (χ4v) is 3.70. The van der Waals surface area contributed by atoms with E-state index >= 15 is 0 Å². The van der Waals surface area contributed by atoms with Crippen LogP contribution in [0.5, 0.6) is 5.88 Å². The second-order valence-electron chi connectivity index (χ2n) is 6.87. The van der Waals surface area contributed by atoms with E-state index in [2.05, 4.69) is 21.9 Å². The van der Waals surface area contributed by atoms with Gasteiger partial charge in [-0.2, -0.15) is 0 Å². The summed E-state index contributed by atoms with van der Waals surface area (Å²) < 4.78 is 5.96. The lowest BCUT2D eigenvalue weighted by atomic mass is 9.89. The Morgan fingerprint density at radius 2 is 1.86 bits per heavy atom. The van der Waals surface area contributed by atoms with Gasteiger partial charge in [-0.1, -0.05) is 30.1 Å². The van der Waals surface area contributed by atoms with Gasteiger partial charge >= 0.3 is 0 Å². The largest absolute Gasteiger partial charge is 0.474 e. The van der Waals surface area contributed by atoms with Crippen LogP contribution in [-0.2, 0) is 0 Å².